The van der Waals surface area contributed by atoms with Gasteiger partial charge in [0.1, 0.15) is 17.1 Å². The van der Waals surface area contributed by atoms with Gasteiger partial charge in [-0.1, -0.05) is 0 Å². The molecule has 0 saturated heterocycles. The molecule has 4 rings (SSSR count). The van der Waals surface area contributed by atoms with Gasteiger partial charge in [-0.15, -0.1) is 0 Å². The molecule has 8 nitrogen and oxygen atoms in total. The van der Waals surface area contributed by atoms with Crippen molar-refractivity contribution in [3.8, 4) is 17.0 Å². The minimum absolute atomic E-state index is 0.344. The van der Waals surface area contributed by atoms with Crippen LogP contribution in [0.25, 0.3) is 22.3 Å². The van der Waals surface area contributed by atoms with E-state index in [1.165, 1.54) is 35.9 Å². The lowest BCUT2D eigenvalue weighted by Crippen LogP contribution is -2.36. The zero-order chi connectivity index (χ0) is 23.0. The third-order valence-electron chi connectivity index (χ3n) is 5.21. The molecule has 164 valence electrons. The van der Waals surface area contributed by atoms with Crippen LogP contribution in [0.3, 0.4) is 0 Å². The molecule has 0 bridgehead atoms. The first-order chi connectivity index (χ1) is 15.2. The van der Waals surface area contributed by atoms with Crippen LogP contribution in [0, 0.1) is 5.82 Å². The van der Waals surface area contributed by atoms with E-state index in [1.54, 1.807) is 44.3 Å². The predicted molar refractivity (Wildman–Crippen MR) is 119 cm³/mol. The Morgan fingerprint density at radius 1 is 1.03 bits per heavy atom. The standard InChI is InChI=1S/C23H21FN4O4/c1-13(21(29)25-16-8-6-15(24)7-9-16)32-17-10-4-14(5-11-17)18-12-19-20(26-18)22(30)28(3)23(31)27(19)2/h4-13,26H,1-3H3,(H,25,29). The number of carbonyl (C=O) groups excluding carboxylic acids is 1. The number of H-pyrrole nitrogens is 1. The van der Waals surface area contributed by atoms with Crippen molar-refractivity contribution in [2.45, 2.75) is 13.0 Å². The van der Waals surface area contributed by atoms with E-state index in [4.69, 9.17) is 4.74 Å². The summed E-state index contributed by atoms with van der Waals surface area (Å²) >= 11 is 0. The van der Waals surface area contributed by atoms with Crippen LogP contribution in [0.15, 0.2) is 64.2 Å². The summed E-state index contributed by atoms with van der Waals surface area (Å²) in [5.74, 6) is -0.270. The zero-order valence-electron chi connectivity index (χ0n) is 17.7. The van der Waals surface area contributed by atoms with Crippen molar-refractivity contribution < 1.29 is 13.9 Å². The lowest BCUT2D eigenvalue weighted by atomic mass is 10.1. The highest BCUT2D eigenvalue weighted by Gasteiger charge is 2.16. The second-order valence-corrected chi connectivity index (χ2v) is 7.43. The average molecular weight is 436 g/mol. The first kappa shape index (κ1) is 21.1. The summed E-state index contributed by atoms with van der Waals surface area (Å²) in [7, 11) is 3.04. The van der Waals surface area contributed by atoms with Gasteiger partial charge < -0.3 is 15.0 Å². The van der Waals surface area contributed by atoms with Gasteiger partial charge in [0, 0.05) is 25.5 Å². The average Bonchev–Trinajstić information content (AvgIpc) is 3.24. The number of halogens is 1. The van der Waals surface area contributed by atoms with Crippen LogP contribution in [-0.2, 0) is 18.9 Å². The molecule has 0 fully saturated rings. The van der Waals surface area contributed by atoms with E-state index in [0.29, 0.717) is 28.2 Å². The number of aromatic amines is 1. The minimum atomic E-state index is -0.781. The van der Waals surface area contributed by atoms with Crippen molar-refractivity contribution in [2.75, 3.05) is 5.32 Å². The van der Waals surface area contributed by atoms with E-state index in [2.05, 4.69) is 10.3 Å². The molecule has 0 radical (unpaired) electrons. The molecular weight excluding hydrogens is 415 g/mol. The number of carbonyl (C=O) groups is 1. The van der Waals surface area contributed by atoms with Crippen molar-refractivity contribution in [3.63, 3.8) is 0 Å². The lowest BCUT2D eigenvalue weighted by Gasteiger charge is -2.15. The number of hydrogen-bond acceptors (Lipinski definition) is 4. The van der Waals surface area contributed by atoms with Crippen molar-refractivity contribution in [2.24, 2.45) is 14.1 Å². The van der Waals surface area contributed by atoms with Gasteiger partial charge in [-0.25, -0.2) is 9.18 Å². The molecule has 2 N–H and O–H groups in total. The molecule has 0 aliphatic rings. The fourth-order valence-electron chi connectivity index (χ4n) is 3.36. The number of anilines is 1. The first-order valence-corrected chi connectivity index (χ1v) is 9.87. The Hall–Kier alpha value is -4.14. The second kappa shape index (κ2) is 8.18. The summed E-state index contributed by atoms with van der Waals surface area (Å²) in [6.07, 6.45) is -0.781. The minimum Gasteiger partial charge on any atom is -0.481 e. The number of fused-ring (bicyclic) bond motifs is 1. The Bertz CT molecular complexity index is 1420. The molecule has 1 amide bonds. The molecule has 2 aromatic carbocycles. The Kier molecular flexibility index (Phi) is 5.40. The summed E-state index contributed by atoms with van der Waals surface area (Å²) in [5.41, 5.74) is 2.00. The number of nitrogens with one attached hydrogen (secondary N) is 2. The van der Waals surface area contributed by atoms with Crippen molar-refractivity contribution in [1.82, 2.24) is 14.1 Å². The predicted octanol–water partition coefficient (Wildman–Crippen LogP) is 2.78. The van der Waals surface area contributed by atoms with Crippen LogP contribution in [0.4, 0.5) is 10.1 Å². The number of rotatable bonds is 5. The molecule has 0 aliphatic carbocycles. The van der Waals surface area contributed by atoms with E-state index < -0.39 is 17.4 Å². The van der Waals surface area contributed by atoms with Gasteiger partial charge in [-0.05, 0) is 67.1 Å². The summed E-state index contributed by atoms with van der Waals surface area (Å²) in [6.45, 7) is 1.61. The SMILES string of the molecule is CC(Oc1ccc(-c2cc3c([nH]2)c(=O)n(C)c(=O)n3C)cc1)C(=O)Nc1ccc(F)cc1. The van der Waals surface area contributed by atoms with Crippen LogP contribution >= 0.6 is 0 Å². The Morgan fingerprint density at radius 2 is 1.69 bits per heavy atom. The van der Waals surface area contributed by atoms with Gasteiger partial charge in [-0.3, -0.25) is 18.7 Å². The number of hydrogen-bond donors (Lipinski definition) is 2. The van der Waals surface area contributed by atoms with Crippen molar-refractivity contribution in [1.29, 1.82) is 0 Å². The lowest BCUT2D eigenvalue weighted by molar-refractivity contribution is -0.122. The number of benzene rings is 2. The highest BCUT2D eigenvalue weighted by molar-refractivity contribution is 5.94. The highest BCUT2D eigenvalue weighted by Crippen LogP contribution is 2.24. The van der Waals surface area contributed by atoms with E-state index in [0.717, 1.165) is 10.1 Å². The molecular formula is C23H21FN4O4. The Labute approximate surface area is 181 Å². The molecule has 32 heavy (non-hydrogen) atoms. The summed E-state index contributed by atoms with van der Waals surface area (Å²) in [5, 5.41) is 2.67. The number of nitrogens with zero attached hydrogens (tertiary/aromatic N) is 2. The monoisotopic (exact) mass is 436 g/mol. The third kappa shape index (κ3) is 3.92. The quantitative estimate of drug-likeness (QED) is 0.503. The van der Waals surface area contributed by atoms with Gasteiger partial charge in [0.2, 0.25) is 0 Å². The molecule has 1 atom stereocenters. The topological polar surface area (TPSA) is 98.1 Å². The molecule has 2 aromatic heterocycles. The summed E-state index contributed by atoms with van der Waals surface area (Å²) in [6, 6.07) is 14.2. The number of ether oxygens (including phenoxy) is 1. The maximum atomic E-state index is 13.0. The summed E-state index contributed by atoms with van der Waals surface area (Å²) < 4.78 is 21.2. The number of aryl methyl sites for hydroxylation is 1. The largest absolute Gasteiger partial charge is 0.481 e. The second-order valence-electron chi connectivity index (χ2n) is 7.43. The first-order valence-electron chi connectivity index (χ1n) is 9.87. The Balaban J connectivity index is 1.51. The molecule has 4 aromatic rings. The van der Waals surface area contributed by atoms with Crippen molar-refractivity contribution >= 4 is 22.6 Å². The summed E-state index contributed by atoms with van der Waals surface area (Å²) in [4.78, 5) is 39.9. The van der Waals surface area contributed by atoms with E-state index in [9.17, 15) is 18.8 Å². The molecule has 9 heteroatoms. The smallest absolute Gasteiger partial charge is 0.331 e. The van der Waals surface area contributed by atoms with Crippen LogP contribution < -0.4 is 21.3 Å². The molecule has 0 aliphatic heterocycles. The Morgan fingerprint density at radius 3 is 2.34 bits per heavy atom. The molecule has 2 heterocycles. The number of aromatic nitrogens is 3. The highest BCUT2D eigenvalue weighted by atomic mass is 19.1. The van der Waals surface area contributed by atoms with Gasteiger partial charge in [0.05, 0.1) is 5.52 Å². The zero-order valence-corrected chi connectivity index (χ0v) is 17.7. The van der Waals surface area contributed by atoms with E-state index >= 15 is 0 Å². The van der Waals surface area contributed by atoms with Crippen LogP contribution in [0.1, 0.15) is 6.92 Å². The van der Waals surface area contributed by atoms with Gasteiger partial charge in [0.15, 0.2) is 6.10 Å². The molecule has 1 unspecified atom stereocenters. The molecule has 0 spiro atoms. The van der Waals surface area contributed by atoms with E-state index in [-0.39, 0.29) is 11.7 Å². The van der Waals surface area contributed by atoms with Crippen molar-refractivity contribution in [3.05, 3.63) is 81.3 Å². The normalized spacial score (nSPS) is 12.0. The number of amides is 1. The fourth-order valence-corrected chi connectivity index (χ4v) is 3.36. The fraction of sp³-hybridized carbons (Fsp3) is 0.174. The van der Waals surface area contributed by atoms with Crippen LogP contribution in [0.5, 0.6) is 5.75 Å². The van der Waals surface area contributed by atoms with Gasteiger partial charge in [-0.2, -0.15) is 0 Å². The van der Waals surface area contributed by atoms with Crippen LogP contribution in [-0.4, -0.2) is 26.1 Å². The third-order valence-corrected chi connectivity index (χ3v) is 5.21. The maximum Gasteiger partial charge on any atom is 0.331 e. The van der Waals surface area contributed by atoms with Gasteiger partial charge in [0.25, 0.3) is 11.5 Å². The molecule has 0 saturated carbocycles. The van der Waals surface area contributed by atoms with Crippen LogP contribution in [0.2, 0.25) is 0 Å². The van der Waals surface area contributed by atoms with Gasteiger partial charge >= 0.3 is 5.69 Å². The maximum absolute atomic E-state index is 13.0. The van der Waals surface area contributed by atoms with E-state index in [1.807, 2.05) is 0 Å².